The van der Waals surface area contributed by atoms with Crippen molar-refractivity contribution >= 4 is 5.91 Å². The normalized spacial score (nSPS) is 11.4. The Bertz CT molecular complexity index is 351. The molecule has 6 heteroatoms. The van der Waals surface area contributed by atoms with E-state index in [2.05, 4.69) is 5.16 Å². The fraction of sp³-hybridized carbons (Fsp3) is 0.625. The molecule has 0 spiro atoms. The molecule has 0 aliphatic carbocycles. The first kappa shape index (κ1) is 10.5. The highest BCUT2D eigenvalue weighted by Gasteiger charge is 2.38. The van der Waals surface area contributed by atoms with E-state index in [1.165, 1.54) is 7.11 Å². The second kappa shape index (κ2) is 3.28. The van der Waals surface area contributed by atoms with Crippen molar-refractivity contribution in [3.63, 3.8) is 0 Å². The second-order valence-corrected chi connectivity index (χ2v) is 3.92. The van der Waals surface area contributed by atoms with Gasteiger partial charge in [-0.25, -0.2) is 0 Å². The summed E-state index contributed by atoms with van der Waals surface area (Å²) in [6, 6.07) is 0. The molecule has 1 aromatic rings. The smallest absolute Gasteiger partial charge is 0.332 e. The van der Waals surface area contributed by atoms with Crippen LogP contribution in [-0.2, 0) is 5.41 Å². The lowest BCUT2D eigenvalue weighted by Crippen LogP contribution is -2.46. The van der Waals surface area contributed by atoms with Gasteiger partial charge in [0.15, 0.2) is 5.16 Å². The molecule has 0 saturated carbocycles. The van der Waals surface area contributed by atoms with Gasteiger partial charge >= 0.3 is 11.6 Å². The van der Waals surface area contributed by atoms with Crippen molar-refractivity contribution in [1.29, 1.82) is 0 Å². The van der Waals surface area contributed by atoms with Crippen molar-refractivity contribution in [3.05, 3.63) is 11.4 Å². The molecule has 14 heavy (non-hydrogen) atoms. The van der Waals surface area contributed by atoms with E-state index >= 15 is 0 Å². The van der Waals surface area contributed by atoms with Gasteiger partial charge in [-0.15, -0.1) is 0 Å². The number of hydrogen-bond acceptors (Lipinski definition) is 4. The van der Waals surface area contributed by atoms with Crippen molar-refractivity contribution in [2.75, 3.05) is 7.11 Å². The van der Waals surface area contributed by atoms with Gasteiger partial charge in [0, 0.05) is 5.41 Å². The Morgan fingerprint density at radius 2 is 2.14 bits per heavy atom. The van der Waals surface area contributed by atoms with E-state index in [1.807, 2.05) is 20.8 Å². The van der Waals surface area contributed by atoms with Crippen LogP contribution >= 0.6 is 0 Å². The number of amides is 1. The molecule has 0 fully saturated rings. The van der Waals surface area contributed by atoms with Gasteiger partial charge in [-0.05, 0) is 4.63 Å². The molecule has 0 unspecified atom stereocenters. The standard InChI is InChI=1S/C8H13N3O3/c1-8(2,3)6-5(7(9)12)11(13-4)14-10-6/h1-4H3,(H-,9,12)/p+1. The fourth-order valence-electron chi connectivity index (χ4n) is 1.07. The third-order valence-corrected chi connectivity index (χ3v) is 1.72. The summed E-state index contributed by atoms with van der Waals surface area (Å²) in [5.41, 5.74) is 5.49. The fourth-order valence-corrected chi connectivity index (χ4v) is 1.07. The lowest BCUT2D eigenvalue weighted by molar-refractivity contribution is -1.02. The minimum absolute atomic E-state index is 0.139. The van der Waals surface area contributed by atoms with Gasteiger partial charge in [0.25, 0.3) is 5.69 Å². The quantitative estimate of drug-likeness (QED) is 0.692. The van der Waals surface area contributed by atoms with Crippen LogP contribution in [0.1, 0.15) is 37.0 Å². The minimum atomic E-state index is -0.627. The summed E-state index contributed by atoms with van der Waals surface area (Å²) in [5, 5.41) is 3.74. The number of aromatic nitrogens is 2. The van der Waals surface area contributed by atoms with E-state index in [0.717, 1.165) is 4.90 Å². The van der Waals surface area contributed by atoms with Crippen molar-refractivity contribution in [3.8, 4) is 0 Å². The van der Waals surface area contributed by atoms with Crippen LogP contribution in [0, 0.1) is 0 Å². The molecule has 0 radical (unpaired) electrons. The monoisotopic (exact) mass is 200 g/mol. The summed E-state index contributed by atoms with van der Waals surface area (Å²) in [7, 11) is 1.37. The number of rotatable bonds is 2. The van der Waals surface area contributed by atoms with Crippen LogP contribution in [0.5, 0.6) is 0 Å². The number of carbonyl (C=O) groups is 1. The maximum atomic E-state index is 11.1. The van der Waals surface area contributed by atoms with Gasteiger partial charge in [-0.3, -0.25) is 4.79 Å². The SMILES string of the molecule is CO[n+]1onc(C(C)(C)C)c1C(N)=O. The van der Waals surface area contributed by atoms with Crippen LogP contribution in [0.25, 0.3) is 0 Å². The highest BCUT2D eigenvalue weighted by molar-refractivity contribution is 5.90. The van der Waals surface area contributed by atoms with Crippen molar-refractivity contribution in [2.45, 2.75) is 26.2 Å². The molecule has 0 bridgehead atoms. The highest BCUT2D eigenvalue weighted by Crippen LogP contribution is 2.21. The molecule has 0 aromatic carbocycles. The summed E-state index contributed by atoms with van der Waals surface area (Å²) < 4.78 is 4.78. The molecule has 0 atom stereocenters. The molecular formula is C8H14N3O3+. The molecule has 0 aliphatic heterocycles. The number of nitrogens with two attached hydrogens (primary N) is 1. The Labute approximate surface area is 81.5 Å². The van der Waals surface area contributed by atoms with Gasteiger partial charge in [-0.2, -0.15) is 0 Å². The van der Waals surface area contributed by atoms with Crippen molar-refractivity contribution in [2.24, 2.45) is 5.73 Å². The Morgan fingerprint density at radius 1 is 1.57 bits per heavy atom. The van der Waals surface area contributed by atoms with E-state index in [9.17, 15) is 4.79 Å². The van der Waals surface area contributed by atoms with Crippen molar-refractivity contribution < 1.29 is 19.2 Å². The van der Waals surface area contributed by atoms with Gasteiger partial charge in [0.05, 0.1) is 0 Å². The Balaban J connectivity index is 3.32. The zero-order valence-electron chi connectivity index (χ0n) is 8.70. The van der Waals surface area contributed by atoms with E-state index in [1.54, 1.807) is 0 Å². The van der Waals surface area contributed by atoms with E-state index in [-0.39, 0.29) is 11.1 Å². The molecular weight excluding hydrogens is 186 g/mol. The Morgan fingerprint density at radius 3 is 2.50 bits per heavy atom. The summed E-state index contributed by atoms with van der Waals surface area (Å²) in [6.45, 7) is 5.70. The first-order chi connectivity index (χ1) is 6.38. The largest absolute Gasteiger partial charge is 0.362 e. The number of nitrogens with zero attached hydrogens (tertiary/aromatic N) is 2. The van der Waals surface area contributed by atoms with Crippen LogP contribution in [0.4, 0.5) is 0 Å². The van der Waals surface area contributed by atoms with Gasteiger partial charge in [-0.1, -0.05) is 20.8 Å². The predicted octanol–water partition coefficient (Wildman–Crippen LogP) is -0.583. The van der Waals surface area contributed by atoms with Crippen LogP contribution < -0.4 is 15.5 Å². The van der Waals surface area contributed by atoms with Crippen LogP contribution in [-0.4, -0.2) is 18.2 Å². The third kappa shape index (κ3) is 1.68. The highest BCUT2D eigenvalue weighted by atomic mass is 16.8. The molecule has 6 nitrogen and oxygen atoms in total. The number of primary amides is 1. The lowest BCUT2D eigenvalue weighted by atomic mass is 9.90. The summed E-state index contributed by atoms with van der Waals surface area (Å²) in [6.07, 6.45) is 0. The molecule has 0 saturated heterocycles. The predicted molar refractivity (Wildman–Crippen MR) is 46.4 cm³/mol. The van der Waals surface area contributed by atoms with Crippen molar-refractivity contribution in [1.82, 2.24) is 5.16 Å². The average molecular weight is 200 g/mol. The van der Waals surface area contributed by atoms with Gasteiger partial charge in [0.2, 0.25) is 0 Å². The molecule has 1 heterocycles. The molecule has 2 N–H and O–H groups in total. The molecule has 1 rings (SSSR count). The van der Waals surface area contributed by atoms with Crippen LogP contribution in [0.3, 0.4) is 0 Å². The minimum Gasteiger partial charge on any atom is -0.362 e. The van der Waals surface area contributed by atoms with E-state index < -0.39 is 5.91 Å². The lowest BCUT2D eigenvalue weighted by Gasteiger charge is -2.08. The summed E-state index contributed by atoms with van der Waals surface area (Å²) >= 11 is 0. The summed E-state index contributed by atoms with van der Waals surface area (Å²) in [4.78, 5) is 16.8. The topological polar surface area (TPSA) is 82.2 Å². The van der Waals surface area contributed by atoms with E-state index in [0.29, 0.717) is 5.69 Å². The molecule has 78 valence electrons. The third-order valence-electron chi connectivity index (χ3n) is 1.72. The number of carbonyl (C=O) groups excluding carboxylic acids is 1. The Kier molecular flexibility index (Phi) is 2.46. The van der Waals surface area contributed by atoms with Gasteiger partial charge < -0.3 is 10.6 Å². The maximum absolute atomic E-state index is 11.1. The van der Waals surface area contributed by atoms with Crippen LogP contribution in [0.2, 0.25) is 0 Å². The van der Waals surface area contributed by atoms with E-state index in [4.69, 9.17) is 15.2 Å². The number of hydrogen-bond donors (Lipinski definition) is 1. The summed E-state index contributed by atoms with van der Waals surface area (Å²) in [5.74, 6) is -0.627. The zero-order valence-corrected chi connectivity index (χ0v) is 8.70. The average Bonchev–Trinajstić information content (AvgIpc) is 2.45. The second-order valence-electron chi connectivity index (χ2n) is 3.92. The maximum Gasteiger partial charge on any atom is 0.332 e. The van der Waals surface area contributed by atoms with Crippen LogP contribution in [0.15, 0.2) is 4.63 Å². The molecule has 0 aliphatic rings. The first-order valence-corrected chi connectivity index (χ1v) is 4.15. The zero-order chi connectivity index (χ0) is 10.9. The molecule has 1 aromatic heterocycles. The molecule has 1 amide bonds. The Hall–Kier alpha value is -1.59. The van der Waals surface area contributed by atoms with Gasteiger partial charge in [0.1, 0.15) is 12.0 Å². The first-order valence-electron chi connectivity index (χ1n) is 4.15.